The average molecular weight is 315 g/mol. The average Bonchev–Trinajstić information content (AvgIpc) is 3.31. The van der Waals surface area contributed by atoms with E-state index < -0.39 is 0 Å². The lowest BCUT2D eigenvalue weighted by Crippen LogP contribution is -2.34. The van der Waals surface area contributed by atoms with Crippen LogP contribution in [0.5, 0.6) is 0 Å². The van der Waals surface area contributed by atoms with Gasteiger partial charge in [0, 0.05) is 37.2 Å². The number of benzene rings is 1. The van der Waals surface area contributed by atoms with Crippen LogP contribution in [0, 0.1) is 6.92 Å². The van der Waals surface area contributed by atoms with E-state index in [-0.39, 0.29) is 12.5 Å². The Morgan fingerprint density at radius 2 is 2.22 bits per heavy atom. The Morgan fingerprint density at radius 1 is 1.39 bits per heavy atom. The van der Waals surface area contributed by atoms with E-state index >= 15 is 0 Å². The summed E-state index contributed by atoms with van der Waals surface area (Å²) in [6.45, 7) is 2.59. The molecule has 0 aliphatic heterocycles. The summed E-state index contributed by atoms with van der Waals surface area (Å²) >= 11 is 0. The van der Waals surface area contributed by atoms with Gasteiger partial charge in [0.2, 0.25) is 11.7 Å². The van der Waals surface area contributed by atoms with Crippen molar-refractivity contribution in [2.24, 2.45) is 0 Å². The second-order valence-corrected chi connectivity index (χ2v) is 5.88. The molecule has 1 N–H and O–H groups in total. The van der Waals surface area contributed by atoms with Gasteiger partial charge >= 0.3 is 0 Å². The first-order valence-corrected chi connectivity index (χ1v) is 8.01. The molecule has 1 aromatic carbocycles. The number of aliphatic hydroxyl groups is 1. The third kappa shape index (κ3) is 3.76. The summed E-state index contributed by atoms with van der Waals surface area (Å²) in [4.78, 5) is 18.9. The van der Waals surface area contributed by atoms with Gasteiger partial charge in [0.1, 0.15) is 0 Å². The zero-order chi connectivity index (χ0) is 16.2. The second-order valence-electron chi connectivity index (χ2n) is 5.88. The molecule has 1 aromatic heterocycles. The highest BCUT2D eigenvalue weighted by Crippen LogP contribution is 2.29. The summed E-state index contributed by atoms with van der Waals surface area (Å²) in [5.74, 6) is 1.03. The number of amides is 1. The number of hydrogen-bond donors (Lipinski definition) is 1. The molecule has 23 heavy (non-hydrogen) atoms. The highest BCUT2D eigenvalue weighted by atomic mass is 16.5. The fourth-order valence-electron chi connectivity index (χ4n) is 2.60. The van der Waals surface area contributed by atoms with Gasteiger partial charge in [-0.15, -0.1) is 0 Å². The van der Waals surface area contributed by atoms with Crippen LogP contribution in [0.25, 0.3) is 11.4 Å². The fourth-order valence-corrected chi connectivity index (χ4v) is 2.60. The van der Waals surface area contributed by atoms with Gasteiger partial charge in [-0.2, -0.15) is 4.98 Å². The first-order chi connectivity index (χ1) is 11.2. The van der Waals surface area contributed by atoms with Crippen molar-refractivity contribution in [3.05, 3.63) is 35.7 Å². The van der Waals surface area contributed by atoms with Crippen LogP contribution in [0.1, 0.15) is 41.9 Å². The highest BCUT2D eigenvalue weighted by Gasteiger charge is 2.32. The van der Waals surface area contributed by atoms with Gasteiger partial charge in [0.05, 0.1) is 0 Å². The molecule has 1 amide bonds. The topological polar surface area (TPSA) is 79.5 Å². The van der Waals surface area contributed by atoms with E-state index in [4.69, 9.17) is 9.63 Å². The van der Waals surface area contributed by atoms with Crippen LogP contribution in [0.3, 0.4) is 0 Å². The first-order valence-electron chi connectivity index (χ1n) is 8.01. The maximum atomic E-state index is 12.8. The summed E-state index contributed by atoms with van der Waals surface area (Å²) in [6.07, 6.45) is 3.67. The van der Waals surface area contributed by atoms with Crippen molar-refractivity contribution in [2.45, 2.75) is 38.6 Å². The second kappa shape index (κ2) is 6.91. The largest absolute Gasteiger partial charge is 0.396 e. The zero-order valence-electron chi connectivity index (χ0n) is 13.2. The Kier molecular flexibility index (Phi) is 4.71. The SMILES string of the molecule is Cc1nc(-c2cccc(C(=O)N(CCCCO)C3CC3)c2)no1. The summed E-state index contributed by atoms with van der Waals surface area (Å²) in [5, 5.41) is 12.8. The molecule has 1 saturated carbocycles. The van der Waals surface area contributed by atoms with E-state index in [0.717, 1.165) is 31.2 Å². The van der Waals surface area contributed by atoms with Crippen molar-refractivity contribution in [1.29, 1.82) is 0 Å². The van der Waals surface area contributed by atoms with Crippen LogP contribution in [-0.4, -0.2) is 45.2 Å². The molecule has 0 spiro atoms. The summed E-state index contributed by atoms with van der Waals surface area (Å²) in [6, 6.07) is 7.69. The van der Waals surface area contributed by atoms with Crippen LogP contribution in [0.15, 0.2) is 28.8 Å². The molecule has 1 aliphatic carbocycles. The molecule has 1 aliphatic rings. The highest BCUT2D eigenvalue weighted by molar-refractivity contribution is 5.95. The Hall–Kier alpha value is -2.21. The number of nitrogens with zero attached hydrogens (tertiary/aromatic N) is 3. The van der Waals surface area contributed by atoms with Crippen molar-refractivity contribution in [3.63, 3.8) is 0 Å². The number of carbonyl (C=O) groups is 1. The monoisotopic (exact) mass is 315 g/mol. The van der Waals surface area contributed by atoms with Crippen LogP contribution in [-0.2, 0) is 0 Å². The van der Waals surface area contributed by atoms with Crippen LogP contribution in [0.2, 0.25) is 0 Å². The molecular formula is C17H21N3O3. The lowest BCUT2D eigenvalue weighted by Gasteiger charge is -2.22. The van der Waals surface area contributed by atoms with Crippen molar-refractivity contribution in [3.8, 4) is 11.4 Å². The molecule has 6 heteroatoms. The number of aromatic nitrogens is 2. The van der Waals surface area contributed by atoms with Gasteiger partial charge in [-0.3, -0.25) is 4.79 Å². The van der Waals surface area contributed by atoms with E-state index in [1.807, 2.05) is 29.2 Å². The molecule has 0 unspecified atom stereocenters. The van der Waals surface area contributed by atoms with Crippen LogP contribution in [0.4, 0.5) is 0 Å². The number of aryl methyl sites for hydroxylation is 1. The van der Waals surface area contributed by atoms with Crippen molar-refractivity contribution in [2.75, 3.05) is 13.2 Å². The van der Waals surface area contributed by atoms with Gasteiger partial charge in [-0.05, 0) is 37.8 Å². The molecule has 3 rings (SSSR count). The lowest BCUT2D eigenvalue weighted by molar-refractivity contribution is 0.0737. The van der Waals surface area contributed by atoms with Crippen molar-refractivity contribution >= 4 is 5.91 Å². The molecule has 1 fully saturated rings. The van der Waals surface area contributed by atoms with E-state index in [1.165, 1.54) is 0 Å². The fraction of sp³-hybridized carbons (Fsp3) is 0.471. The van der Waals surface area contributed by atoms with E-state index in [2.05, 4.69) is 10.1 Å². The van der Waals surface area contributed by atoms with Crippen molar-refractivity contribution in [1.82, 2.24) is 15.0 Å². The minimum Gasteiger partial charge on any atom is -0.396 e. The molecule has 6 nitrogen and oxygen atoms in total. The Labute approximate surface area is 135 Å². The Morgan fingerprint density at radius 3 is 2.87 bits per heavy atom. The van der Waals surface area contributed by atoms with E-state index in [0.29, 0.717) is 29.9 Å². The molecule has 0 atom stereocenters. The molecule has 0 radical (unpaired) electrons. The number of carbonyl (C=O) groups excluding carboxylic acids is 1. The van der Waals surface area contributed by atoms with E-state index in [1.54, 1.807) is 6.92 Å². The van der Waals surface area contributed by atoms with Gasteiger partial charge in [0.25, 0.3) is 5.91 Å². The molecule has 0 saturated heterocycles. The van der Waals surface area contributed by atoms with Crippen LogP contribution < -0.4 is 0 Å². The van der Waals surface area contributed by atoms with Gasteiger partial charge in [0.15, 0.2) is 0 Å². The number of rotatable bonds is 7. The lowest BCUT2D eigenvalue weighted by atomic mass is 10.1. The molecule has 1 heterocycles. The molecule has 2 aromatic rings. The van der Waals surface area contributed by atoms with E-state index in [9.17, 15) is 4.79 Å². The molecular weight excluding hydrogens is 294 g/mol. The standard InChI is InChI=1S/C17H21N3O3/c1-12-18-16(19-23-12)13-5-4-6-14(11-13)17(22)20(15-7-8-15)9-2-3-10-21/h4-6,11,15,21H,2-3,7-10H2,1H3. The van der Waals surface area contributed by atoms with Gasteiger partial charge in [-0.1, -0.05) is 17.3 Å². The maximum Gasteiger partial charge on any atom is 0.254 e. The van der Waals surface area contributed by atoms with Crippen molar-refractivity contribution < 1.29 is 14.4 Å². The number of unbranched alkanes of at least 4 members (excludes halogenated alkanes) is 1. The third-order valence-electron chi connectivity index (χ3n) is 3.95. The Balaban J connectivity index is 1.78. The smallest absolute Gasteiger partial charge is 0.254 e. The minimum atomic E-state index is 0.0347. The zero-order valence-corrected chi connectivity index (χ0v) is 13.2. The quantitative estimate of drug-likeness (QED) is 0.794. The molecule has 0 bridgehead atoms. The van der Waals surface area contributed by atoms with Gasteiger partial charge in [-0.25, -0.2) is 0 Å². The minimum absolute atomic E-state index is 0.0347. The summed E-state index contributed by atoms with van der Waals surface area (Å²) < 4.78 is 5.00. The predicted octanol–water partition coefficient (Wildman–Crippen LogP) is 2.42. The summed E-state index contributed by atoms with van der Waals surface area (Å²) in [5.41, 5.74) is 1.42. The van der Waals surface area contributed by atoms with Gasteiger partial charge < -0.3 is 14.5 Å². The number of hydrogen-bond acceptors (Lipinski definition) is 5. The molecule has 122 valence electrons. The maximum absolute atomic E-state index is 12.8. The Bertz CT molecular complexity index is 679. The first kappa shape index (κ1) is 15.7. The predicted molar refractivity (Wildman–Crippen MR) is 84.8 cm³/mol. The number of aliphatic hydroxyl groups excluding tert-OH is 1. The third-order valence-corrected chi connectivity index (χ3v) is 3.95. The summed E-state index contributed by atoms with van der Waals surface area (Å²) in [7, 11) is 0. The van der Waals surface area contributed by atoms with Crippen LogP contribution >= 0.6 is 0 Å². The normalized spacial score (nSPS) is 14.0.